The Balaban J connectivity index is -0.00000220. The predicted molar refractivity (Wildman–Crippen MR) is 132 cm³/mol. The quantitative estimate of drug-likeness (QED) is 0.277. The Morgan fingerprint density at radius 3 is 1.62 bits per heavy atom. The third-order valence-corrected chi connectivity index (χ3v) is 8.83. The van der Waals surface area contributed by atoms with Gasteiger partial charge in [-0.1, -0.05) is 0 Å². The fraction of sp³-hybridized carbons (Fsp3) is 1.00. The maximum atomic E-state index is 8.81. The van der Waals surface area contributed by atoms with Crippen molar-refractivity contribution in [2.75, 3.05) is 12.4 Å². The first-order valence-corrected chi connectivity index (χ1v) is 11.2. The van der Waals surface area contributed by atoms with E-state index in [0.29, 0.717) is 25.1 Å². The van der Waals surface area contributed by atoms with Crippen LogP contribution in [0.1, 0.15) is 38.5 Å². The van der Waals surface area contributed by atoms with Crippen molar-refractivity contribution in [2.45, 2.75) is 38.5 Å². The molecule has 0 aromatic rings. The second-order valence-corrected chi connectivity index (χ2v) is 10.8. The minimum atomic E-state index is -0.836. The molecule has 0 aliphatic heterocycles. The first-order chi connectivity index (χ1) is 10.4. The second-order valence-electron chi connectivity index (χ2n) is 7.26. The molecule has 3 radical (unpaired) electrons. The summed E-state index contributed by atoms with van der Waals surface area (Å²) < 4.78 is 0. The number of hydrogen-bond acceptors (Lipinski definition) is 1. The Morgan fingerprint density at radius 1 is 0.833 bits per heavy atom. The molecule has 0 spiro atoms. The molecule has 0 atom stereocenters. The Labute approximate surface area is 205 Å². The summed E-state index contributed by atoms with van der Waals surface area (Å²) in [6.45, 7) is 0.341. The molecule has 0 rings (SSSR count). The van der Waals surface area contributed by atoms with E-state index < -0.39 is 8.73 Å². The van der Waals surface area contributed by atoms with E-state index in [1.165, 1.54) is 37.9 Å². The van der Waals surface area contributed by atoms with Crippen LogP contribution in [-0.2, 0) is 0 Å². The topological polar surface area (TPSA) is 20.2 Å². The number of rotatable bonds is 12. The Bertz CT molecular complexity index is 383. The van der Waals surface area contributed by atoms with Crippen molar-refractivity contribution in [3.05, 3.63) is 0 Å². The zero-order valence-corrected chi connectivity index (χ0v) is 22.5. The molecular formula is C8H28B12Na2OS+. The molecule has 0 saturated carbocycles. The minimum Gasteiger partial charge on any atom is 1.00 e. The Morgan fingerprint density at radius 2 is 1.25 bits per heavy atom. The number of aliphatic hydroxyl groups excluding tert-OH is 1. The molecule has 0 unspecified atom stereocenters. The van der Waals surface area contributed by atoms with Crippen molar-refractivity contribution in [3.63, 3.8) is 0 Å². The van der Waals surface area contributed by atoms with Gasteiger partial charge in [0.05, 0.1) is 0 Å². The summed E-state index contributed by atoms with van der Waals surface area (Å²) in [5.41, 5.74) is 0. The summed E-state index contributed by atoms with van der Waals surface area (Å²) in [4.78, 5) is 0. The molecule has 0 bridgehead atoms. The molecule has 0 aromatic heterocycles. The third kappa shape index (κ3) is 15.1. The van der Waals surface area contributed by atoms with Crippen LogP contribution in [-0.4, -0.2) is 102 Å². The summed E-state index contributed by atoms with van der Waals surface area (Å²) in [5.74, 6) is 1.90. The number of unbranched alkanes of at least 4 members (excludes halogenated alkanes) is 5. The van der Waals surface area contributed by atoms with Crippen LogP contribution >= 0.6 is 8.73 Å². The van der Waals surface area contributed by atoms with Gasteiger partial charge in [-0.25, -0.2) is 0 Å². The molecule has 0 amide bonds. The minimum absolute atomic E-state index is 0. The van der Waals surface area contributed by atoms with Gasteiger partial charge in [0.15, 0.2) is 0 Å². The van der Waals surface area contributed by atoms with Crippen LogP contribution in [0.5, 0.6) is 0 Å². The van der Waals surface area contributed by atoms with E-state index in [1.807, 2.05) is 0 Å². The molecule has 16 heteroatoms. The molecular weight excluding hydrogens is 310 g/mol. The zero-order chi connectivity index (χ0) is 17.0. The molecule has 109 valence electrons. The molecule has 0 heterocycles. The molecule has 0 saturated heterocycles. The van der Waals surface area contributed by atoms with Crippen LogP contribution in [0, 0.1) is 0 Å². The summed E-state index contributed by atoms with van der Waals surface area (Å²) in [5, 5.41) is 8.81. The maximum absolute atomic E-state index is 8.81. The summed E-state index contributed by atoms with van der Waals surface area (Å²) in [7, 11) is 17.5. The van der Waals surface area contributed by atoms with Crippen molar-refractivity contribution in [1.82, 2.24) is 0 Å². The summed E-state index contributed by atoms with van der Waals surface area (Å²) in [6.07, 6.45) is 8.58. The van der Waals surface area contributed by atoms with Gasteiger partial charge >= 0.3 is 208 Å². The van der Waals surface area contributed by atoms with E-state index in [4.69, 9.17) is 12.8 Å². The van der Waals surface area contributed by atoms with Crippen LogP contribution in [0.3, 0.4) is 0 Å². The fourth-order valence-electron chi connectivity index (χ4n) is 3.01. The first-order valence-electron chi connectivity index (χ1n) is 9.18. The molecule has 1 N–H and O–H groups in total. The zero-order valence-electron chi connectivity index (χ0n) is 17.7. The molecule has 24 heavy (non-hydrogen) atoms. The van der Waals surface area contributed by atoms with Gasteiger partial charge in [0, 0.05) is 0 Å². The van der Waals surface area contributed by atoms with Crippen LogP contribution in [0.2, 0.25) is 0 Å². The monoisotopic (exact) mass is 338 g/mol. The van der Waals surface area contributed by atoms with E-state index in [-0.39, 0.29) is 59.1 Å². The van der Waals surface area contributed by atoms with E-state index in [1.54, 1.807) is 0 Å². The van der Waals surface area contributed by atoms with Gasteiger partial charge in [-0.3, -0.25) is 0 Å². The van der Waals surface area contributed by atoms with Gasteiger partial charge in [0.2, 0.25) is 0 Å². The normalized spacial score (nSPS) is 9.58. The molecule has 0 aliphatic rings. The molecule has 0 aliphatic carbocycles. The molecule has 0 fully saturated rings. The van der Waals surface area contributed by atoms with Crippen LogP contribution in [0.25, 0.3) is 0 Å². The average Bonchev–Trinajstić information content (AvgIpc) is 2.43. The van der Waals surface area contributed by atoms with Gasteiger partial charge in [-0.15, -0.1) is 0 Å². The van der Waals surface area contributed by atoms with Crippen LogP contribution in [0.15, 0.2) is 0 Å². The van der Waals surface area contributed by atoms with E-state index in [2.05, 4.69) is 50.8 Å². The smallest absolute Gasteiger partial charge is 1.00 e. The predicted octanol–water partition coefficient (Wildman–Crippen LogP) is -11.0. The van der Waals surface area contributed by atoms with Gasteiger partial charge < -0.3 is 0 Å². The van der Waals surface area contributed by atoms with Crippen molar-refractivity contribution in [3.8, 4) is 0 Å². The molecule has 0 aromatic carbocycles. The first kappa shape index (κ1) is 31.8. The number of aliphatic hydroxyl groups is 1. The summed E-state index contributed by atoms with van der Waals surface area (Å²) in [6, 6.07) is 5.24. The van der Waals surface area contributed by atoms with Gasteiger partial charge in [0.25, 0.3) is 0 Å². The van der Waals surface area contributed by atoms with Gasteiger partial charge in [-0.2, -0.15) is 0 Å². The van der Waals surface area contributed by atoms with Crippen LogP contribution < -0.4 is 59.1 Å². The second kappa shape index (κ2) is 19.4. The Hall–Kier alpha value is 3.09. The maximum Gasteiger partial charge on any atom is 1.00 e. The van der Waals surface area contributed by atoms with Gasteiger partial charge in [0.1, 0.15) is 0 Å². The largest absolute Gasteiger partial charge is 1.00 e. The standard InChI is InChI=1S/C8H28B12OS.2Na/c9-15-20(14)22(16-18(10)11,17-19(12)13)8-6-4-2-1-3-5-7-21;;/h15,21H,1-8,10-14H2;;/q-1;2*+1/i9-1,10-1,11-1,12-1,13-1,14-1,15-1,16-1,17-1,18-1,19-1,20-1;;. The van der Waals surface area contributed by atoms with E-state index in [0.717, 1.165) is 13.5 Å². The average molecular weight is 339 g/mol. The van der Waals surface area contributed by atoms with Crippen molar-refractivity contribution in [1.29, 1.82) is 0 Å². The third-order valence-electron chi connectivity index (χ3n) is 4.04. The van der Waals surface area contributed by atoms with Crippen molar-refractivity contribution in [2.24, 2.45) is 0 Å². The van der Waals surface area contributed by atoms with Crippen molar-refractivity contribution >= 4 is 92.9 Å². The van der Waals surface area contributed by atoms with Crippen LogP contribution in [0.4, 0.5) is 0 Å². The van der Waals surface area contributed by atoms with E-state index >= 15 is 0 Å². The van der Waals surface area contributed by atoms with E-state index in [9.17, 15) is 0 Å². The van der Waals surface area contributed by atoms with Gasteiger partial charge in [-0.05, 0) is 0 Å². The van der Waals surface area contributed by atoms with Crippen molar-refractivity contribution < 1.29 is 64.2 Å². The summed E-state index contributed by atoms with van der Waals surface area (Å²) >= 11 is 0. The fourth-order valence-corrected chi connectivity index (χ4v) is 7.41. The molecule has 1 nitrogen and oxygen atoms in total. The SMILES string of the molecule is [10B-][10BH][10B]([10BH2])S(=[10B][10B]([10BH2])[10BH2])(=[10B][10B]([10BH2])[10BH2])CCCCCCCCO.[Na+].[Na+]. The number of hydrogen-bond donors (Lipinski definition) is 1. The Kier molecular flexibility index (Phi) is 25.7.